The van der Waals surface area contributed by atoms with Gasteiger partial charge in [0.15, 0.2) is 0 Å². The molecule has 0 radical (unpaired) electrons. The number of aromatic nitrogens is 2. The SMILES string of the molecule is C=Cc1ccc(-n2c3ccccc3c3cc(N(c4ccc(-c5ccc(N(c6ccccc6)c6ccccc6)cc5)cc4)c4ccc(-c5ccc(N(c6ccccc6)c6ccc(-c7ccc(N(c8ccc(-c9ccc(N(c%10ccccc%10)c%10ccccc%10)cc9)cc8)c8ccc9c(c8)c8ccccc8n9-c8ccc(C=C)cc8)cc7)cc6)cc5)cc4)ccc32)cc1. The van der Waals surface area contributed by atoms with Crippen molar-refractivity contribution in [2.24, 2.45) is 0 Å². The minimum Gasteiger partial charge on any atom is -0.311 e. The zero-order chi connectivity index (χ0) is 83.5. The van der Waals surface area contributed by atoms with Gasteiger partial charge in [-0.2, -0.15) is 0 Å². The standard InChI is InChI=1S/C118H85N7/c1-3-84-38-58-107(59-39-84)124-115-36-22-20-34-111(115)113-82-109(78-80-117(113)124)122(103-70-50-90(51-71-103)86-42-62-99(63-43-86)119(94-24-10-5-11-25-94)95-26-12-6-13-27-95)105-74-54-92(55-75-105)88-46-66-101(67-47-88)121(98-32-18-9-19-33-98)102-68-48-89(49-69-102)93-56-76-106(77-57-93)123(110-79-81-118-114(83-110)112-35-21-23-37-116(112)125(118)108-60-40-85(4-2)41-61-108)104-72-52-91(53-73-104)87-44-64-100(65-45-87)120(96-28-14-7-15-29-96)97-30-16-8-17-31-97/h3-83H,1-2H2. The Bertz CT molecular complexity index is 6880. The molecule has 2 aromatic heterocycles. The summed E-state index contributed by atoms with van der Waals surface area (Å²) in [5, 5.41) is 4.72. The Morgan fingerprint density at radius 1 is 0.152 bits per heavy atom. The largest absolute Gasteiger partial charge is 0.311 e. The van der Waals surface area contributed by atoms with Crippen LogP contribution in [-0.4, -0.2) is 9.13 Å². The van der Waals surface area contributed by atoms with E-state index in [2.05, 4.69) is 526 Å². The van der Waals surface area contributed by atoms with Crippen LogP contribution in [0.3, 0.4) is 0 Å². The Labute approximate surface area is 729 Å². The van der Waals surface area contributed by atoms with Crippen molar-refractivity contribution in [3.8, 4) is 55.9 Å². The number of benzene rings is 19. The molecule has 19 aromatic carbocycles. The molecule has 0 aliphatic carbocycles. The number of rotatable bonds is 23. The molecule has 0 atom stereocenters. The van der Waals surface area contributed by atoms with Crippen LogP contribution in [0, 0.1) is 0 Å². The Kier molecular flexibility index (Phi) is 20.3. The van der Waals surface area contributed by atoms with Gasteiger partial charge in [0.25, 0.3) is 0 Å². The molecular formula is C118H85N7. The third-order valence-corrected chi connectivity index (χ3v) is 24.0. The van der Waals surface area contributed by atoms with Crippen molar-refractivity contribution in [3.05, 3.63) is 504 Å². The summed E-state index contributed by atoms with van der Waals surface area (Å²) in [6.45, 7) is 8.06. The van der Waals surface area contributed by atoms with Gasteiger partial charge in [0.2, 0.25) is 0 Å². The maximum atomic E-state index is 4.03. The quantitative estimate of drug-likeness (QED) is 0.0636. The van der Waals surface area contributed by atoms with Gasteiger partial charge in [-0.05, 0) is 286 Å². The second-order valence-corrected chi connectivity index (χ2v) is 31.4. The minimum absolute atomic E-state index is 1.04. The van der Waals surface area contributed by atoms with Crippen molar-refractivity contribution >= 4 is 141 Å². The van der Waals surface area contributed by atoms with Gasteiger partial charge >= 0.3 is 0 Å². The number of para-hydroxylation sites is 7. The van der Waals surface area contributed by atoms with Gasteiger partial charge in [-0.25, -0.2) is 0 Å². The van der Waals surface area contributed by atoms with Crippen LogP contribution in [0.15, 0.2) is 492 Å². The molecule has 7 nitrogen and oxygen atoms in total. The molecule has 7 heteroatoms. The summed E-state index contributed by atoms with van der Waals surface area (Å²) in [7, 11) is 0. The number of nitrogens with zero attached hydrogens (tertiary/aromatic N) is 7. The molecule has 0 N–H and O–H groups in total. The van der Waals surface area contributed by atoms with Crippen molar-refractivity contribution in [2.75, 3.05) is 24.5 Å². The third kappa shape index (κ3) is 14.8. The highest BCUT2D eigenvalue weighted by atomic mass is 15.2. The van der Waals surface area contributed by atoms with Crippen molar-refractivity contribution < 1.29 is 0 Å². The summed E-state index contributed by atoms with van der Waals surface area (Å²) in [5.41, 5.74) is 34.0. The van der Waals surface area contributed by atoms with Crippen LogP contribution in [0.25, 0.3) is 112 Å². The first kappa shape index (κ1) is 75.7. The normalized spacial score (nSPS) is 11.3. The first-order chi connectivity index (χ1) is 61.9. The molecule has 0 aliphatic rings. The average molecular weight is 1600 g/mol. The lowest BCUT2D eigenvalue weighted by Gasteiger charge is -2.27. The maximum absolute atomic E-state index is 4.03. The van der Waals surface area contributed by atoms with Crippen molar-refractivity contribution in [1.29, 1.82) is 0 Å². The lowest BCUT2D eigenvalue weighted by molar-refractivity contribution is 1.18. The highest BCUT2D eigenvalue weighted by molar-refractivity contribution is 6.12. The predicted octanol–water partition coefficient (Wildman–Crippen LogP) is 33.2. The van der Waals surface area contributed by atoms with E-state index in [4.69, 9.17) is 0 Å². The zero-order valence-electron chi connectivity index (χ0n) is 68.8. The van der Waals surface area contributed by atoms with Crippen LogP contribution >= 0.6 is 0 Å². The summed E-state index contributed by atoms with van der Waals surface area (Å²) in [6.07, 6.45) is 3.79. The molecule has 21 aromatic rings. The first-order valence-electron chi connectivity index (χ1n) is 42.5. The maximum Gasteiger partial charge on any atom is 0.0542 e. The topological polar surface area (TPSA) is 26.1 Å². The molecule has 0 bridgehead atoms. The fourth-order valence-corrected chi connectivity index (χ4v) is 17.8. The Morgan fingerprint density at radius 2 is 0.328 bits per heavy atom. The van der Waals surface area contributed by atoms with Crippen LogP contribution in [0.1, 0.15) is 11.1 Å². The molecule has 2 heterocycles. The van der Waals surface area contributed by atoms with Crippen molar-refractivity contribution in [1.82, 2.24) is 9.13 Å². The van der Waals surface area contributed by atoms with Gasteiger partial charge in [-0.3, -0.25) is 0 Å². The minimum atomic E-state index is 1.04. The zero-order valence-corrected chi connectivity index (χ0v) is 68.8. The second-order valence-electron chi connectivity index (χ2n) is 31.4. The lowest BCUT2D eigenvalue weighted by Crippen LogP contribution is -2.10. The Hall–Kier alpha value is -16.7. The van der Waals surface area contributed by atoms with Gasteiger partial charge in [0, 0.05) is 118 Å². The molecule has 0 aliphatic heterocycles. The van der Waals surface area contributed by atoms with Crippen LogP contribution in [0.5, 0.6) is 0 Å². The van der Waals surface area contributed by atoms with Gasteiger partial charge in [-0.1, -0.05) is 274 Å². The summed E-state index contributed by atoms with van der Waals surface area (Å²) in [5.74, 6) is 0. The van der Waals surface area contributed by atoms with Gasteiger partial charge < -0.3 is 33.6 Å². The number of hydrogen-bond donors (Lipinski definition) is 0. The molecule has 125 heavy (non-hydrogen) atoms. The van der Waals surface area contributed by atoms with E-state index in [-0.39, 0.29) is 0 Å². The summed E-state index contributed by atoms with van der Waals surface area (Å²) >= 11 is 0. The van der Waals surface area contributed by atoms with E-state index in [0.29, 0.717) is 0 Å². The van der Waals surface area contributed by atoms with Gasteiger partial charge in [-0.15, -0.1) is 0 Å². The van der Waals surface area contributed by atoms with E-state index in [1.54, 1.807) is 0 Å². The number of hydrogen-bond acceptors (Lipinski definition) is 5. The van der Waals surface area contributed by atoms with E-state index >= 15 is 0 Å². The third-order valence-electron chi connectivity index (χ3n) is 24.0. The van der Waals surface area contributed by atoms with Gasteiger partial charge in [0.1, 0.15) is 0 Å². The van der Waals surface area contributed by atoms with E-state index in [1.165, 1.54) is 21.5 Å². The molecule has 21 rings (SSSR count). The molecule has 0 fully saturated rings. The summed E-state index contributed by atoms with van der Waals surface area (Å²) in [6, 6.07) is 173. The molecule has 0 saturated carbocycles. The average Bonchev–Trinajstić information content (AvgIpc) is 1.60. The van der Waals surface area contributed by atoms with E-state index < -0.39 is 0 Å². The van der Waals surface area contributed by atoms with E-state index in [1.807, 2.05) is 12.2 Å². The highest BCUT2D eigenvalue weighted by Gasteiger charge is 2.24. The van der Waals surface area contributed by atoms with Crippen LogP contribution in [0.2, 0.25) is 0 Å². The van der Waals surface area contributed by atoms with Gasteiger partial charge in [0.05, 0.1) is 22.1 Å². The fraction of sp³-hybridized carbons (Fsp3) is 0. The molecule has 0 amide bonds. The number of fused-ring (bicyclic) bond motifs is 6. The fourth-order valence-electron chi connectivity index (χ4n) is 17.8. The summed E-state index contributed by atoms with van der Waals surface area (Å²) < 4.78 is 4.74. The van der Waals surface area contributed by atoms with E-state index in [9.17, 15) is 0 Å². The van der Waals surface area contributed by atoms with Crippen molar-refractivity contribution in [3.63, 3.8) is 0 Å². The Balaban J connectivity index is 0.578. The summed E-state index contributed by atoms with van der Waals surface area (Å²) in [4.78, 5) is 11.7. The monoisotopic (exact) mass is 1600 g/mol. The smallest absolute Gasteiger partial charge is 0.0542 e. The number of anilines is 15. The molecule has 0 saturated heterocycles. The Morgan fingerprint density at radius 3 is 0.544 bits per heavy atom. The van der Waals surface area contributed by atoms with Crippen molar-refractivity contribution in [2.45, 2.75) is 0 Å². The molecule has 0 spiro atoms. The van der Waals surface area contributed by atoms with Crippen LogP contribution < -0.4 is 24.5 Å². The lowest BCUT2D eigenvalue weighted by atomic mass is 10.0. The van der Waals surface area contributed by atoms with Crippen LogP contribution in [0.4, 0.5) is 85.3 Å². The predicted molar refractivity (Wildman–Crippen MR) is 530 cm³/mol. The van der Waals surface area contributed by atoms with E-state index in [0.717, 1.165) is 174 Å². The highest BCUT2D eigenvalue weighted by Crippen LogP contribution is 2.47. The second kappa shape index (κ2) is 33.5. The van der Waals surface area contributed by atoms with Crippen LogP contribution in [-0.2, 0) is 0 Å². The first-order valence-corrected chi connectivity index (χ1v) is 42.5. The molecular weight excluding hydrogens is 1520 g/mol. The molecule has 592 valence electrons. The molecule has 0 unspecified atom stereocenters.